The van der Waals surface area contributed by atoms with Gasteiger partial charge in [0.15, 0.2) is 6.29 Å². The fraction of sp³-hybridized carbons (Fsp3) is 0.0625. The molecule has 3 aromatic rings. The van der Waals surface area contributed by atoms with Crippen molar-refractivity contribution in [1.29, 1.82) is 0 Å². The number of aromatic amines is 1. The van der Waals surface area contributed by atoms with Crippen LogP contribution in [0.4, 0.5) is 11.5 Å². The fourth-order valence-electron chi connectivity index (χ4n) is 2.20. The monoisotopic (exact) mass is 266 g/mol. The second-order valence-electron chi connectivity index (χ2n) is 4.43. The van der Waals surface area contributed by atoms with Gasteiger partial charge in [-0.3, -0.25) is 4.79 Å². The molecule has 0 bridgehead atoms. The van der Waals surface area contributed by atoms with Crippen molar-refractivity contribution in [3.05, 3.63) is 54.1 Å². The molecule has 0 saturated heterocycles. The maximum Gasteiger partial charge on any atom is 0.154 e. The Morgan fingerprint density at radius 1 is 1.10 bits per heavy atom. The van der Waals surface area contributed by atoms with Crippen molar-refractivity contribution in [1.82, 2.24) is 4.98 Å². The van der Waals surface area contributed by atoms with Crippen molar-refractivity contribution in [3.63, 3.8) is 0 Å². The van der Waals surface area contributed by atoms with Crippen molar-refractivity contribution < 1.29 is 9.53 Å². The number of carbonyl (C=O) groups excluding carboxylic acids is 1. The molecule has 2 N–H and O–H groups in total. The first kappa shape index (κ1) is 12.3. The van der Waals surface area contributed by atoms with Gasteiger partial charge in [-0.15, -0.1) is 0 Å². The molecule has 2 aromatic carbocycles. The summed E-state index contributed by atoms with van der Waals surface area (Å²) >= 11 is 0. The maximum atomic E-state index is 11.3. The van der Waals surface area contributed by atoms with E-state index in [1.165, 1.54) is 0 Å². The lowest BCUT2D eigenvalue weighted by atomic mass is 10.2. The van der Waals surface area contributed by atoms with Crippen LogP contribution >= 0.6 is 0 Å². The Kier molecular flexibility index (Phi) is 3.13. The molecular weight excluding hydrogens is 252 g/mol. The van der Waals surface area contributed by atoms with Gasteiger partial charge < -0.3 is 15.0 Å². The van der Waals surface area contributed by atoms with Crippen LogP contribution < -0.4 is 10.1 Å². The number of aromatic nitrogens is 1. The molecule has 0 atom stereocenters. The van der Waals surface area contributed by atoms with Crippen LogP contribution in [0.15, 0.2) is 48.5 Å². The average molecular weight is 266 g/mol. The van der Waals surface area contributed by atoms with Crippen molar-refractivity contribution >= 4 is 28.7 Å². The lowest BCUT2D eigenvalue weighted by Gasteiger charge is -2.06. The number of fused-ring (bicyclic) bond motifs is 1. The summed E-state index contributed by atoms with van der Waals surface area (Å²) in [5.41, 5.74) is 2.46. The van der Waals surface area contributed by atoms with E-state index in [-0.39, 0.29) is 0 Å². The molecule has 0 aliphatic heterocycles. The molecule has 0 aliphatic rings. The van der Waals surface area contributed by atoms with E-state index in [0.29, 0.717) is 11.4 Å². The number of para-hydroxylation sites is 1. The van der Waals surface area contributed by atoms with Gasteiger partial charge in [-0.1, -0.05) is 18.2 Å². The highest BCUT2D eigenvalue weighted by Gasteiger charge is 2.10. The number of carbonyl (C=O) groups is 1. The summed E-state index contributed by atoms with van der Waals surface area (Å²) in [5, 5.41) is 4.14. The highest BCUT2D eigenvalue weighted by atomic mass is 16.5. The van der Waals surface area contributed by atoms with Crippen LogP contribution in [0.25, 0.3) is 10.9 Å². The third-order valence-corrected chi connectivity index (χ3v) is 3.22. The zero-order valence-electron chi connectivity index (χ0n) is 11.0. The highest BCUT2D eigenvalue weighted by molar-refractivity contribution is 6.03. The van der Waals surface area contributed by atoms with Gasteiger partial charge in [0.05, 0.1) is 12.7 Å². The van der Waals surface area contributed by atoms with E-state index in [1.54, 1.807) is 7.11 Å². The summed E-state index contributed by atoms with van der Waals surface area (Å²) < 4.78 is 5.12. The Morgan fingerprint density at radius 2 is 1.85 bits per heavy atom. The maximum absolute atomic E-state index is 11.3. The Morgan fingerprint density at radius 3 is 2.55 bits per heavy atom. The summed E-state index contributed by atoms with van der Waals surface area (Å²) in [6, 6.07) is 15.3. The molecule has 4 nitrogen and oxygen atoms in total. The summed E-state index contributed by atoms with van der Waals surface area (Å²) in [5.74, 6) is 1.49. The Hall–Kier alpha value is -2.75. The third kappa shape index (κ3) is 2.12. The van der Waals surface area contributed by atoms with Crippen molar-refractivity contribution in [3.8, 4) is 5.75 Å². The van der Waals surface area contributed by atoms with Gasteiger partial charge in [0.2, 0.25) is 0 Å². The van der Waals surface area contributed by atoms with Crippen molar-refractivity contribution in [2.75, 3.05) is 12.4 Å². The van der Waals surface area contributed by atoms with Crippen molar-refractivity contribution in [2.45, 2.75) is 0 Å². The zero-order valence-corrected chi connectivity index (χ0v) is 11.0. The van der Waals surface area contributed by atoms with Crippen LogP contribution in [0.1, 0.15) is 10.4 Å². The van der Waals surface area contributed by atoms with Crippen LogP contribution in [0.2, 0.25) is 0 Å². The topological polar surface area (TPSA) is 54.1 Å². The molecule has 0 spiro atoms. The van der Waals surface area contributed by atoms with Gasteiger partial charge in [-0.2, -0.15) is 0 Å². The molecule has 1 heterocycles. The Balaban J connectivity index is 1.99. The quantitative estimate of drug-likeness (QED) is 0.707. The summed E-state index contributed by atoms with van der Waals surface area (Å²) in [6.07, 6.45) is 0.866. The van der Waals surface area contributed by atoms with Gasteiger partial charge in [0.1, 0.15) is 11.6 Å². The van der Waals surface area contributed by atoms with Gasteiger partial charge in [-0.25, -0.2) is 0 Å². The molecule has 0 unspecified atom stereocenters. The SMILES string of the molecule is COc1ccc(Nc2[nH]c3ccccc3c2C=O)cc1. The minimum atomic E-state index is 0.636. The van der Waals surface area contributed by atoms with E-state index in [1.807, 2.05) is 48.5 Å². The van der Waals surface area contributed by atoms with Crippen LogP contribution in [-0.4, -0.2) is 18.4 Å². The fourth-order valence-corrected chi connectivity index (χ4v) is 2.20. The van der Waals surface area contributed by atoms with E-state index in [2.05, 4.69) is 10.3 Å². The van der Waals surface area contributed by atoms with Crippen LogP contribution in [0, 0.1) is 0 Å². The Bertz CT molecular complexity index is 745. The van der Waals surface area contributed by atoms with E-state index in [0.717, 1.165) is 28.6 Å². The van der Waals surface area contributed by atoms with E-state index < -0.39 is 0 Å². The molecule has 0 saturated carbocycles. The van der Waals surface area contributed by atoms with Gasteiger partial charge in [-0.05, 0) is 30.3 Å². The first-order valence-electron chi connectivity index (χ1n) is 6.29. The van der Waals surface area contributed by atoms with Crippen molar-refractivity contribution in [2.24, 2.45) is 0 Å². The number of rotatable bonds is 4. The minimum Gasteiger partial charge on any atom is -0.497 e. The smallest absolute Gasteiger partial charge is 0.154 e. The minimum absolute atomic E-state index is 0.636. The van der Waals surface area contributed by atoms with Gasteiger partial charge >= 0.3 is 0 Å². The summed E-state index contributed by atoms with van der Waals surface area (Å²) in [7, 11) is 1.63. The number of ether oxygens (including phenoxy) is 1. The first-order chi connectivity index (χ1) is 9.81. The number of hydrogen-bond acceptors (Lipinski definition) is 3. The molecular formula is C16H14N2O2. The molecule has 0 radical (unpaired) electrons. The number of methoxy groups -OCH3 is 1. The van der Waals surface area contributed by atoms with Crippen LogP contribution in [0.3, 0.4) is 0 Å². The standard InChI is InChI=1S/C16H14N2O2/c1-20-12-8-6-11(7-9-12)17-16-14(10-19)13-4-2-3-5-15(13)18-16/h2-10,17-18H,1H3. The van der Waals surface area contributed by atoms with E-state index in [4.69, 9.17) is 4.74 Å². The largest absolute Gasteiger partial charge is 0.497 e. The average Bonchev–Trinajstić information content (AvgIpc) is 2.85. The van der Waals surface area contributed by atoms with Gasteiger partial charge in [0, 0.05) is 16.6 Å². The van der Waals surface area contributed by atoms with E-state index in [9.17, 15) is 4.79 Å². The predicted octanol–water partition coefficient (Wildman–Crippen LogP) is 3.73. The summed E-state index contributed by atoms with van der Waals surface area (Å²) in [6.45, 7) is 0. The number of hydrogen-bond donors (Lipinski definition) is 2. The molecule has 0 amide bonds. The highest BCUT2D eigenvalue weighted by Crippen LogP contribution is 2.27. The van der Waals surface area contributed by atoms with Crippen LogP contribution in [-0.2, 0) is 0 Å². The third-order valence-electron chi connectivity index (χ3n) is 3.22. The number of benzene rings is 2. The lowest BCUT2D eigenvalue weighted by molar-refractivity contribution is 0.112. The van der Waals surface area contributed by atoms with Crippen LogP contribution in [0.5, 0.6) is 5.75 Å². The number of anilines is 2. The molecule has 0 aliphatic carbocycles. The second kappa shape index (κ2) is 5.09. The Labute approximate surface area is 116 Å². The number of nitrogens with one attached hydrogen (secondary N) is 2. The van der Waals surface area contributed by atoms with Gasteiger partial charge in [0.25, 0.3) is 0 Å². The molecule has 3 rings (SSSR count). The molecule has 0 fully saturated rings. The number of aldehydes is 1. The lowest BCUT2D eigenvalue weighted by Crippen LogP contribution is -1.94. The predicted molar refractivity (Wildman–Crippen MR) is 80.0 cm³/mol. The van der Waals surface area contributed by atoms with E-state index >= 15 is 0 Å². The normalized spacial score (nSPS) is 10.4. The molecule has 100 valence electrons. The zero-order chi connectivity index (χ0) is 13.9. The number of H-pyrrole nitrogens is 1. The molecule has 20 heavy (non-hydrogen) atoms. The molecule has 4 heteroatoms. The molecule has 1 aromatic heterocycles. The first-order valence-corrected chi connectivity index (χ1v) is 6.29. The summed E-state index contributed by atoms with van der Waals surface area (Å²) in [4.78, 5) is 14.5. The second-order valence-corrected chi connectivity index (χ2v) is 4.43.